The van der Waals surface area contributed by atoms with E-state index in [1.54, 1.807) is 0 Å². The molecule has 0 saturated heterocycles. The number of hydrogen-bond donors (Lipinski definition) is 0. The van der Waals surface area contributed by atoms with Gasteiger partial charge in [0, 0.05) is 0 Å². The molecule has 0 bridgehead atoms. The van der Waals surface area contributed by atoms with Crippen LogP contribution in [0.2, 0.25) is 0 Å². The van der Waals surface area contributed by atoms with Crippen molar-refractivity contribution in [1.29, 1.82) is 0 Å². The predicted molar refractivity (Wildman–Crippen MR) is 44.2 cm³/mol. The lowest BCUT2D eigenvalue weighted by atomic mass is 10.2. The fourth-order valence-corrected chi connectivity index (χ4v) is 0.598. The molecular weight excluding hydrogens is 189 g/mol. The van der Waals surface area contributed by atoms with Crippen molar-refractivity contribution in [2.75, 3.05) is 13.2 Å². The van der Waals surface area contributed by atoms with Crippen LogP contribution in [0.1, 0.15) is 13.8 Å². The maximum absolute atomic E-state index is 10.7. The molecular formula is C6H11Cl2NO2. The highest BCUT2D eigenvalue weighted by Crippen LogP contribution is 1.99. The van der Waals surface area contributed by atoms with Gasteiger partial charge in [-0.2, -0.15) is 0 Å². The Bertz CT molecular complexity index is 128. The highest BCUT2D eigenvalue weighted by atomic mass is 35.5. The van der Waals surface area contributed by atoms with E-state index in [0.29, 0.717) is 12.5 Å². The van der Waals surface area contributed by atoms with Crippen LogP contribution in [-0.4, -0.2) is 23.1 Å². The summed E-state index contributed by atoms with van der Waals surface area (Å²) in [4.78, 5) is 10.7. The lowest BCUT2D eigenvalue weighted by Gasteiger charge is -2.07. The van der Waals surface area contributed by atoms with Crippen molar-refractivity contribution in [2.24, 2.45) is 5.92 Å². The van der Waals surface area contributed by atoms with Crippen LogP contribution in [0.15, 0.2) is 0 Å². The number of ether oxygens (including phenoxy) is 1. The van der Waals surface area contributed by atoms with Crippen LogP contribution >= 0.6 is 23.6 Å². The maximum Gasteiger partial charge on any atom is 0.322 e. The van der Waals surface area contributed by atoms with Gasteiger partial charge in [0.15, 0.2) is 0 Å². The van der Waals surface area contributed by atoms with Gasteiger partial charge in [-0.1, -0.05) is 13.8 Å². The van der Waals surface area contributed by atoms with Gasteiger partial charge in [-0.05, 0) is 29.5 Å². The molecule has 0 fully saturated rings. The summed E-state index contributed by atoms with van der Waals surface area (Å²) in [6.07, 6.45) is 0. The molecule has 0 spiro atoms. The van der Waals surface area contributed by atoms with E-state index in [4.69, 9.17) is 28.3 Å². The summed E-state index contributed by atoms with van der Waals surface area (Å²) in [6, 6.07) is 0. The minimum absolute atomic E-state index is 0.101. The van der Waals surface area contributed by atoms with Gasteiger partial charge in [0.1, 0.15) is 6.54 Å². The first-order valence-corrected chi connectivity index (χ1v) is 3.94. The van der Waals surface area contributed by atoms with Gasteiger partial charge in [-0.25, -0.2) is 0 Å². The number of carbonyl (C=O) groups excluding carboxylic acids is 1. The second kappa shape index (κ2) is 5.63. The zero-order chi connectivity index (χ0) is 8.85. The number of halogens is 2. The highest BCUT2D eigenvalue weighted by Gasteiger charge is 2.07. The molecule has 0 rings (SSSR count). The summed E-state index contributed by atoms with van der Waals surface area (Å²) in [7, 11) is 0. The monoisotopic (exact) mass is 199 g/mol. The third kappa shape index (κ3) is 7.91. The van der Waals surface area contributed by atoms with Gasteiger partial charge in [-0.15, -0.1) is 3.94 Å². The Balaban J connectivity index is 3.38. The molecule has 0 aliphatic carbocycles. The van der Waals surface area contributed by atoms with Crippen molar-refractivity contribution in [3.05, 3.63) is 0 Å². The molecule has 0 aliphatic rings. The van der Waals surface area contributed by atoms with Gasteiger partial charge < -0.3 is 4.74 Å². The minimum Gasteiger partial charge on any atom is -0.464 e. The first-order valence-electron chi connectivity index (χ1n) is 3.27. The van der Waals surface area contributed by atoms with E-state index < -0.39 is 5.97 Å². The Morgan fingerprint density at radius 1 is 1.55 bits per heavy atom. The van der Waals surface area contributed by atoms with E-state index in [1.165, 1.54) is 0 Å². The fourth-order valence-electron chi connectivity index (χ4n) is 0.403. The van der Waals surface area contributed by atoms with Gasteiger partial charge in [0.2, 0.25) is 0 Å². The molecule has 0 aliphatic heterocycles. The molecule has 0 radical (unpaired) electrons. The summed E-state index contributed by atoms with van der Waals surface area (Å²) in [6.45, 7) is 4.20. The maximum atomic E-state index is 10.7. The van der Waals surface area contributed by atoms with E-state index in [0.717, 1.165) is 3.94 Å². The quantitative estimate of drug-likeness (QED) is 0.511. The van der Waals surface area contributed by atoms with Crippen LogP contribution in [-0.2, 0) is 9.53 Å². The molecule has 0 aromatic rings. The molecule has 66 valence electrons. The third-order valence-corrected chi connectivity index (χ3v) is 1.07. The molecule has 5 heteroatoms. The summed E-state index contributed by atoms with van der Waals surface area (Å²) < 4.78 is 5.50. The van der Waals surface area contributed by atoms with Crippen molar-refractivity contribution in [3.63, 3.8) is 0 Å². The molecule has 0 unspecified atom stereocenters. The SMILES string of the molecule is CC(C)COC(=O)CN(Cl)Cl. The van der Waals surface area contributed by atoms with Crippen LogP contribution in [0.5, 0.6) is 0 Å². The normalized spacial score (nSPS) is 10.7. The molecule has 0 amide bonds. The van der Waals surface area contributed by atoms with E-state index in [-0.39, 0.29) is 6.54 Å². The minimum atomic E-state index is -0.413. The number of nitrogens with zero attached hydrogens (tertiary/aromatic N) is 1. The Morgan fingerprint density at radius 3 is 2.45 bits per heavy atom. The molecule has 11 heavy (non-hydrogen) atoms. The number of esters is 1. The average Bonchev–Trinajstić information content (AvgIpc) is 1.82. The second-order valence-electron chi connectivity index (χ2n) is 2.54. The van der Waals surface area contributed by atoms with Crippen LogP contribution in [0.25, 0.3) is 0 Å². The molecule has 0 heterocycles. The van der Waals surface area contributed by atoms with Crippen molar-refractivity contribution >= 4 is 29.5 Å². The molecule has 0 aromatic carbocycles. The molecule has 3 nitrogen and oxygen atoms in total. The second-order valence-corrected chi connectivity index (χ2v) is 3.53. The van der Waals surface area contributed by atoms with Gasteiger partial charge >= 0.3 is 5.97 Å². The number of hydrogen-bond acceptors (Lipinski definition) is 3. The van der Waals surface area contributed by atoms with Crippen molar-refractivity contribution in [3.8, 4) is 0 Å². The van der Waals surface area contributed by atoms with Gasteiger partial charge in [-0.3, -0.25) is 4.79 Å². The smallest absolute Gasteiger partial charge is 0.322 e. The third-order valence-electron chi connectivity index (χ3n) is 0.826. The fraction of sp³-hybridized carbons (Fsp3) is 0.833. The Labute approximate surface area is 76.4 Å². The topological polar surface area (TPSA) is 29.5 Å². The van der Waals surface area contributed by atoms with Crippen LogP contribution < -0.4 is 0 Å². The summed E-state index contributed by atoms with van der Waals surface area (Å²) in [5.41, 5.74) is 0. The van der Waals surface area contributed by atoms with Crippen LogP contribution in [0.4, 0.5) is 0 Å². The van der Waals surface area contributed by atoms with E-state index in [2.05, 4.69) is 0 Å². The molecule has 0 atom stereocenters. The van der Waals surface area contributed by atoms with E-state index >= 15 is 0 Å². The first-order chi connectivity index (χ1) is 5.02. The van der Waals surface area contributed by atoms with E-state index in [1.807, 2.05) is 13.8 Å². The van der Waals surface area contributed by atoms with E-state index in [9.17, 15) is 4.79 Å². The first kappa shape index (κ1) is 11.0. The Kier molecular flexibility index (Phi) is 5.64. The number of carbonyl (C=O) groups is 1. The molecule has 0 saturated carbocycles. The summed E-state index contributed by atoms with van der Waals surface area (Å²) >= 11 is 10.4. The van der Waals surface area contributed by atoms with Crippen LogP contribution in [0, 0.1) is 5.92 Å². The lowest BCUT2D eigenvalue weighted by molar-refractivity contribution is -0.144. The average molecular weight is 200 g/mol. The highest BCUT2D eigenvalue weighted by molar-refractivity contribution is 6.34. The summed E-state index contributed by atoms with van der Waals surface area (Å²) in [5.74, 6) is -0.0817. The Morgan fingerprint density at radius 2 is 2.09 bits per heavy atom. The van der Waals surface area contributed by atoms with Crippen molar-refractivity contribution < 1.29 is 9.53 Å². The van der Waals surface area contributed by atoms with Crippen molar-refractivity contribution in [2.45, 2.75) is 13.8 Å². The molecule has 0 N–H and O–H groups in total. The zero-order valence-electron chi connectivity index (χ0n) is 6.51. The zero-order valence-corrected chi connectivity index (χ0v) is 8.02. The lowest BCUT2D eigenvalue weighted by Crippen LogP contribution is -2.18. The standard InChI is InChI=1S/C6H11Cl2NO2/c1-5(2)4-11-6(10)3-9(7)8/h5H,3-4H2,1-2H3. The van der Waals surface area contributed by atoms with Gasteiger partial charge in [0.25, 0.3) is 0 Å². The summed E-state index contributed by atoms with van der Waals surface area (Å²) in [5, 5.41) is 0. The van der Waals surface area contributed by atoms with Gasteiger partial charge in [0.05, 0.1) is 6.61 Å². The number of rotatable bonds is 4. The molecule has 0 aromatic heterocycles. The largest absolute Gasteiger partial charge is 0.464 e. The van der Waals surface area contributed by atoms with Crippen molar-refractivity contribution in [1.82, 2.24) is 3.94 Å². The van der Waals surface area contributed by atoms with Crippen LogP contribution in [0.3, 0.4) is 0 Å². The Hall–Kier alpha value is 0.01000. The predicted octanol–water partition coefficient (Wildman–Crippen LogP) is 1.80.